The number of rotatable bonds is 9. The highest BCUT2D eigenvalue weighted by molar-refractivity contribution is 5.01. The van der Waals surface area contributed by atoms with Gasteiger partial charge < -0.3 is 0 Å². The zero-order chi connectivity index (χ0) is 11.4. The fourth-order valence-electron chi connectivity index (χ4n) is 1.68. The van der Waals surface area contributed by atoms with E-state index >= 15 is 0 Å². The van der Waals surface area contributed by atoms with E-state index in [0.29, 0.717) is 6.42 Å². The van der Waals surface area contributed by atoms with Crippen molar-refractivity contribution < 1.29 is 0 Å². The average Bonchev–Trinajstić information content (AvgIpc) is 2.25. The van der Waals surface area contributed by atoms with Crippen molar-refractivity contribution in [2.75, 3.05) is 0 Å². The minimum absolute atomic E-state index is 0.572. The summed E-state index contributed by atoms with van der Waals surface area (Å²) in [6.45, 7) is 4.39. The van der Waals surface area contributed by atoms with Crippen LogP contribution in [-0.2, 0) is 0 Å². The predicted octanol–water partition coefficient (Wildman–Crippen LogP) is 4.99. The van der Waals surface area contributed by atoms with Crippen LogP contribution in [0.15, 0.2) is 11.6 Å². The van der Waals surface area contributed by atoms with Crippen LogP contribution >= 0.6 is 0 Å². The fraction of sp³-hybridized carbons (Fsp3) is 0.786. The van der Waals surface area contributed by atoms with Gasteiger partial charge in [0.1, 0.15) is 0 Å². The minimum Gasteiger partial charge on any atom is -0.198 e. The van der Waals surface area contributed by atoms with Crippen molar-refractivity contribution in [2.24, 2.45) is 0 Å². The lowest BCUT2D eigenvalue weighted by molar-refractivity contribution is 0.588. The van der Waals surface area contributed by atoms with E-state index in [1.165, 1.54) is 56.9 Å². The summed E-state index contributed by atoms with van der Waals surface area (Å²) in [5.74, 6) is 0. The summed E-state index contributed by atoms with van der Waals surface area (Å²) < 4.78 is 0. The minimum atomic E-state index is 0.572. The largest absolute Gasteiger partial charge is 0.198 e. The molecule has 0 amide bonds. The third-order valence-electron chi connectivity index (χ3n) is 2.72. The fourth-order valence-corrected chi connectivity index (χ4v) is 1.68. The predicted molar refractivity (Wildman–Crippen MR) is 66.6 cm³/mol. The maximum absolute atomic E-state index is 8.41. The average molecular weight is 207 g/mol. The quantitative estimate of drug-likeness (QED) is 0.386. The molecule has 0 N–H and O–H groups in total. The number of hydrogen-bond acceptors (Lipinski definition) is 1. The van der Waals surface area contributed by atoms with E-state index in [4.69, 9.17) is 5.26 Å². The molecule has 0 unspecified atom stereocenters. The topological polar surface area (TPSA) is 23.8 Å². The van der Waals surface area contributed by atoms with Crippen LogP contribution in [0.3, 0.4) is 0 Å². The molecule has 0 aromatic carbocycles. The molecule has 0 aliphatic rings. The molecule has 1 heteroatoms. The van der Waals surface area contributed by atoms with Gasteiger partial charge in [0.2, 0.25) is 0 Å². The Kier molecular flexibility index (Phi) is 10.7. The summed E-state index contributed by atoms with van der Waals surface area (Å²) in [5, 5.41) is 8.41. The second-order valence-electron chi connectivity index (χ2n) is 4.28. The van der Waals surface area contributed by atoms with Crippen molar-refractivity contribution in [1.82, 2.24) is 0 Å². The highest BCUT2D eigenvalue weighted by atomic mass is 14.2. The molecule has 0 atom stereocenters. The highest BCUT2D eigenvalue weighted by Gasteiger charge is 1.92. The first-order chi connectivity index (χ1) is 7.31. The van der Waals surface area contributed by atoms with Gasteiger partial charge in [0.05, 0.1) is 12.5 Å². The molecule has 0 rings (SSSR count). The van der Waals surface area contributed by atoms with Gasteiger partial charge in [-0.25, -0.2) is 0 Å². The molecule has 1 nitrogen and oxygen atoms in total. The third-order valence-corrected chi connectivity index (χ3v) is 2.72. The van der Waals surface area contributed by atoms with E-state index in [1.54, 1.807) is 0 Å². The summed E-state index contributed by atoms with van der Waals surface area (Å²) in [6.07, 6.45) is 13.3. The molecule has 0 aromatic rings. The molecule has 0 spiro atoms. The van der Waals surface area contributed by atoms with Gasteiger partial charge in [-0.05, 0) is 19.8 Å². The first-order valence-electron chi connectivity index (χ1n) is 6.33. The van der Waals surface area contributed by atoms with Crippen LogP contribution in [0.2, 0.25) is 0 Å². The van der Waals surface area contributed by atoms with Gasteiger partial charge >= 0.3 is 0 Å². The molecule has 15 heavy (non-hydrogen) atoms. The summed E-state index contributed by atoms with van der Waals surface area (Å²) in [6, 6.07) is 2.15. The van der Waals surface area contributed by atoms with Crippen molar-refractivity contribution in [3.63, 3.8) is 0 Å². The summed E-state index contributed by atoms with van der Waals surface area (Å²) in [5.41, 5.74) is 1.38. The van der Waals surface area contributed by atoms with Crippen molar-refractivity contribution >= 4 is 0 Å². The van der Waals surface area contributed by atoms with Gasteiger partial charge in [0.15, 0.2) is 0 Å². The van der Waals surface area contributed by atoms with E-state index in [9.17, 15) is 0 Å². The lowest BCUT2D eigenvalue weighted by Gasteiger charge is -2.01. The molecular formula is C14H25N. The normalized spacial score (nSPS) is 11.4. The van der Waals surface area contributed by atoms with Crippen molar-refractivity contribution in [3.8, 4) is 6.07 Å². The Hall–Kier alpha value is -0.770. The van der Waals surface area contributed by atoms with Crippen molar-refractivity contribution in [2.45, 2.75) is 71.6 Å². The molecular weight excluding hydrogens is 182 g/mol. The SMILES string of the molecule is CCCCCCCCC/C(C)=C/CC#N. The molecule has 0 fully saturated rings. The molecule has 86 valence electrons. The van der Waals surface area contributed by atoms with Crippen LogP contribution in [-0.4, -0.2) is 0 Å². The van der Waals surface area contributed by atoms with Crippen LogP contribution < -0.4 is 0 Å². The van der Waals surface area contributed by atoms with Gasteiger partial charge in [-0.15, -0.1) is 0 Å². The van der Waals surface area contributed by atoms with Crippen molar-refractivity contribution in [3.05, 3.63) is 11.6 Å². The van der Waals surface area contributed by atoms with E-state index in [0.717, 1.165) is 0 Å². The van der Waals surface area contributed by atoms with E-state index in [-0.39, 0.29) is 0 Å². The second kappa shape index (κ2) is 11.3. The zero-order valence-electron chi connectivity index (χ0n) is 10.4. The van der Waals surface area contributed by atoms with E-state index < -0.39 is 0 Å². The Bertz CT molecular complexity index is 198. The van der Waals surface area contributed by atoms with Gasteiger partial charge in [0, 0.05) is 0 Å². The Morgan fingerprint density at radius 1 is 1.07 bits per heavy atom. The monoisotopic (exact) mass is 207 g/mol. The molecule has 0 bridgehead atoms. The number of allylic oxidation sites excluding steroid dienone is 2. The Morgan fingerprint density at radius 2 is 1.67 bits per heavy atom. The molecule has 0 radical (unpaired) electrons. The smallest absolute Gasteiger partial charge is 0.0663 e. The molecule has 0 saturated carbocycles. The standard InChI is InChI=1S/C14H25N/c1-3-4-5-6-7-8-9-11-14(2)12-10-13-15/h12H,3-11H2,1-2H3/b14-12+. The third kappa shape index (κ3) is 11.2. The first kappa shape index (κ1) is 14.2. The van der Waals surface area contributed by atoms with Crippen LogP contribution in [0.1, 0.15) is 71.6 Å². The maximum atomic E-state index is 8.41. The van der Waals surface area contributed by atoms with Gasteiger partial charge in [0.25, 0.3) is 0 Å². The van der Waals surface area contributed by atoms with Crippen LogP contribution in [0.25, 0.3) is 0 Å². The summed E-state index contributed by atoms with van der Waals surface area (Å²) in [4.78, 5) is 0. The molecule has 0 saturated heterocycles. The molecule has 0 aliphatic carbocycles. The highest BCUT2D eigenvalue weighted by Crippen LogP contribution is 2.12. The van der Waals surface area contributed by atoms with Gasteiger partial charge in [-0.2, -0.15) is 5.26 Å². The lowest BCUT2D eigenvalue weighted by Crippen LogP contribution is -1.82. The molecule has 0 heterocycles. The van der Waals surface area contributed by atoms with Crippen LogP contribution in [0.5, 0.6) is 0 Å². The molecule has 0 aromatic heterocycles. The Labute approximate surface area is 95.2 Å². The van der Waals surface area contributed by atoms with Crippen LogP contribution in [0.4, 0.5) is 0 Å². The van der Waals surface area contributed by atoms with Crippen molar-refractivity contribution in [1.29, 1.82) is 5.26 Å². The molecule has 0 aliphatic heterocycles. The maximum Gasteiger partial charge on any atom is 0.0663 e. The van der Waals surface area contributed by atoms with E-state index in [1.807, 2.05) is 0 Å². The number of hydrogen-bond donors (Lipinski definition) is 0. The van der Waals surface area contributed by atoms with Gasteiger partial charge in [-0.1, -0.05) is 57.1 Å². The zero-order valence-corrected chi connectivity index (χ0v) is 10.4. The summed E-state index contributed by atoms with van der Waals surface area (Å²) in [7, 11) is 0. The Balaban J connectivity index is 3.20. The second-order valence-corrected chi connectivity index (χ2v) is 4.28. The van der Waals surface area contributed by atoms with E-state index in [2.05, 4.69) is 26.0 Å². The summed E-state index contributed by atoms with van der Waals surface area (Å²) >= 11 is 0. The number of unbranched alkanes of at least 4 members (excludes halogenated alkanes) is 6. The number of nitrogens with zero attached hydrogens (tertiary/aromatic N) is 1. The number of nitriles is 1. The lowest BCUT2D eigenvalue weighted by atomic mass is 10.0. The van der Waals surface area contributed by atoms with Gasteiger partial charge in [-0.3, -0.25) is 0 Å². The van der Waals surface area contributed by atoms with Crippen LogP contribution in [0, 0.1) is 11.3 Å². The first-order valence-corrected chi connectivity index (χ1v) is 6.33. The Morgan fingerprint density at radius 3 is 2.27 bits per heavy atom.